The molecule has 0 amide bonds. The van der Waals surface area contributed by atoms with E-state index in [1.165, 1.54) is 0 Å². The first-order chi connectivity index (χ1) is 7.63. The van der Waals surface area contributed by atoms with Gasteiger partial charge in [0.15, 0.2) is 0 Å². The van der Waals surface area contributed by atoms with Crippen molar-refractivity contribution in [3.05, 3.63) is 35.9 Å². The predicted octanol–water partition coefficient (Wildman–Crippen LogP) is 2.79. The Morgan fingerprint density at radius 1 is 1.44 bits per heavy atom. The second-order valence-corrected chi connectivity index (χ2v) is 4.29. The predicted molar refractivity (Wildman–Crippen MR) is 67.2 cm³/mol. The van der Waals surface area contributed by atoms with Gasteiger partial charge in [-0.1, -0.05) is 12.5 Å². The summed E-state index contributed by atoms with van der Waals surface area (Å²) in [6.07, 6.45) is 5.73. The molecule has 1 aromatic heterocycles. The highest BCUT2D eigenvalue weighted by Crippen LogP contribution is 2.16. The molecule has 0 aliphatic heterocycles. The van der Waals surface area contributed by atoms with Crippen LogP contribution in [0.1, 0.15) is 44.1 Å². The summed E-state index contributed by atoms with van der Waals surface area (Å²) in [4.78, 5) is 8.74. The Morgan fingerprint density at radius 3 is 2.56 bits per heavy atom. The summed E-state index contributed by atoms with van der Waals surface area (Å²) >= 11 is 0. The van der Waals surface area contributed by atoms with Gasteiger partial charge in [-0.15, -0.1) is 6.58 Å². The Balaban J connectivity index is 2.74. The van der Waals surface area contributed by atoms with E-state index in [0.29, 0.717) is 0 Å². The van der Waals surface area contributed by atoms with E-state index in [4.69, 9.17) is 0 Å². The Bertz CT molecular complexity index is 330. The van der Waals surface area contributed by atoms with Crippen LogP contribution in [0.15, 0.2) is 24.5 Å². The number of nitrogens with zero attached hydrogens (tertiary/aromatic N) is 2. The maximum Gasteiger partial charge on any atom is 0.145 e. The molecule has 3 nitrogen and oxygen atoms in total. The van der Waals surface area contributed by atoms with Crippen molar-refractivity contribution >= 4 is 0 Å². The molecule has 1 N–H and O–H groups in total. The highest BCUT2D eigenvalue weighted by molar-refractivity contribution is 5.07. The molecule has 0 aromatic carbocycles. The summed E-state index contributed by atoms with van der Waals surface area (Å²) in [6, 6.07) is 0.193. The molecule has 3 heteroatoms. The van der Waals surface area contributed by atoms with E-state index in [1.54, 1.807) is 0 Å². The van der Waals surface area contributed by atoms with E-state index in [2.05, 4.69) is 28.8 Å². The van der Waals surface area contributed by atoms with E-state index in [9.17, 15) is 0 Å². The largest absolute Gasteiger partial charge is 0.307 e. The number of rotatable bonds is 6. The van der Waals surface area contributed by atoms with E-state index >= 15 is 0 Å². The fourth-order valence-corrected chi connectivity index (χ4v) is 1.50. The molecule has 0 bridgehead atoms. The van der Waals surface area contributed by atoms with Crippen LogP contribution in [-0.2, 0) is 0 Å². The Hall–Kier alpha value is -1.22. The Kier molecular flexibility index (Phi) is 5.12. The van der Waals surface area contributed by atoms with Gasteiger partial charge in [0.2, 0.25) is 0 Å². The SMILES string of the molecule is C=C(C)CC(NCCC)c1ncc(C)cn1. The molecule has 0 saturated carbocycles. The van der Waals surface area contributed by atoms with Gasteiger partial charge in [-0.3, -0.25) is 0 Å². The second-order valence-electron chi connectivity index (χ2n) is 4.29. The first kappa shape index (κ1) is 12.8. The first-order valence-electron chi connectivity index (χ1n) is 5.79. The lowest BCUT2D eigenvalue weighted by Gasteiger charge is -2.17. The molecular weight excluding hydrogens is 198 g/mol. The van der Waals surface area contributed by atoms with Gasteiger partial charge in [0.1, 0.15) is 5.82 Å². The molecule has 1 heterocycles. The monoisotopic (exact) mass is 219 g/mol. The molecule has 88 valence electrons. The van der Waals surface area contributed by atoms with E-state index in [0.717, 1.165) is 36.3 Å². The van der Waals surface area contributed by atoms with Crippen LogP contribution >= 0.6 is 0 Å². The minimum Gasteiger partial charge on any atom is -0.307 e. The summed E-state index contributed by atoms with van der Waals surface area (Å²) in [5, 5.41) is 3.45. The van der Waals surface area contributed by atoms with Gasteiger partial charge in [-0.05, 0) is 38.8 Å². The lowest BCUT2D eigenvalue weighted by molar-refractivity contribution is 0.503. The zero-order valence-electron chi connectivity index (χ0n) is 10.5. The maximum absolute atomic E-state index is 4.37. The number of aryl methyl sites for hydroxylation is 1. The average Bonchev–Trinajstić information content (AvgIpc) is 2.25. The molecule has 0 spiro atoms. The molecule has 1 rings (SSSR count). The molecule has 1 atom stereocenters. The highest BCUT2D eigenvalue weighted by Gasteiger charge is 2.13. The standard InChI is InChI=1S/C13H21N3/c1-5-6-14-12(7-10(2)3)13-15-8-11(4)9-16-13/h8-9,12,14H,2,5-7H2,1,3-4H3. The van der Waals surface area contributed by atoms with Crippen molar-refractivity contribution in [2.75, 3.05) is 6.54 Å². The molecule has 0 saturated heterocycles. The quantitative estimate of drug-likeness (QED) is 0.748. The van der Waals surface area contributed by atoms with Crippen LogP contribution in [0.3, 0.4) is 0 Å². The van der Waals surface area contributed by atoms with Crippen LogP contribution in [0.4, 0.5) is 0 Å². The second kappa shape index (κ2) is 6.38. The molecule has 1 aromatic rings. The average molecular weight is 219 g/mol. The number of nitrogens with one attached hydrogen (secondary N) is 1. The molecular formula is C13H21N3. The summed E-state index contributed by atoms with van der Waals surface area (Å²) in [7, 11) is 0. The van der Waals surface area contributed by atoms with Crippen molar-refractivity contribution in [1.29, 1.82) is 0 Å². The third-order valence-corrected chi connectivity index (χ3v) is 2.31. The fraction of sp³-hybridized carbons (Fsp3) is 0.538. The summed E-state index contributed by atoms with van der Waals surface area (Å²) in [5.41, 5.74) is 2.24. The number of aromatic nitrogens is 2. The van der Waals surface area contributed by atoms with Gasteiger partial charge in [0, 0.05) is 12.4 Å². The van der Waals surface area contributed by atoms with E-state index < -0.39 is 0 Å². The van der Waals surface area contributed by atoms with Crippen molar-refractivity contribution in [2.45, 2.75) is 39.7 Å². The van der Waals surface area contributed by atoms with Crippen molar-refractivity contribution in [3.8, 4) is 0 Å². The zero-order valence-corrected chi connectivity index (χ0v) is 10.5. The van der Waals surface area contributed by atoms with Gasteiger partial charge < -0.3 is 5.32 Å². The molecule has 0 radical (unpaired) electrons. The van der Waals surface area contributed by atoms with Crippen molar-refractivity contribution < 1.29 is 0 Å². The maximum atomic E-state index is 4.37. The van der Waals surface area contributed by atoms with Crippen molar-refractivity contribution in [3.63, 3.8) is 0 Å². The van der Waals surface area contributed by atoms with Crippen LogP contribution in [0, 0.1) is 6.92 Å². The van der Waals surface area contributed by atoms with Crippen LogP contribution < -0.4 is 5.32 Å². The van der Waals surface area contributed by atoms with Gasteiger partial charge in [0.05, 0.1) is 6.04 Å². The fourth-order valence-electron chi connectivity index (χ4n) is 1.50. The zero-order chi connectivity index (χ0) is 12.0. The van der Waals surface area contributed by atoms with Gasteiger partial charge in [0.25, 0.3) is 0 Å². The summed E-state index contributed by atoms with van der Waals surface area (Å²) < 4.78 is 0. The van der Waals surface area contributed by atoms with Crippen LogP contribution in [0.5, 0.6) is 0 Å². The highest BCUT2D eigenvalue weighted by atomic mass is 15.0. The minimum atomic E-state index is 0.193. The van der Waals surface area contributed by atoms with E-state index in [-0.39, 0.29) is 6.04 Å². The van der Waals surface area contributed by atoms with Crippen molar-refractivity contribution in [2.24, 2.45) is 0 Å². The van der Waals surface area contributed by atoms with Gasteiger partial charge in [-0.25, -0.2) is 9.97 Å². The lowest BCUT2D eigenvalue weighted by Crippen LogP contribution is -2.24. The minimum absolute atomic E-state index is 0.193. The normalized spacial score (nSPS) is 12.4. The van der Waals surface area contributed by atoms with E-state index in [1.807, 2.05) is 26.2 Å². The van der Waals surface area contributed by atoms with Crippen molar-refractivity contribution in [1.82, 2.24) is 15.3 Å². The van der Waals surface area contributed by atoms with Gasteiger partial charge in [-0.2, -0.15) is 0 Å². The van der Waals surface area contributed by atoms with Crippen LogP contribution in [0.2, 0.25) is 0 Å². The van der Waals surface area contributed by atoms with Gasteiger partial charge >= 0.3 is 0 Å². The number of hydrogen-bond donors (Lipinski definition) is 1. The lowest BCUT2D eigenvalue weighted by atomic mass is 10.1. The third kappa shape index (κ3) is 4.11. The molecule has 1 unspecified atom stereocenters. The molecule has 0 aliphatic carbocycles. The molecule has 0 fully saturated rings. The third-order valence-electron chi connectivity index (χ3n) is 2.31. The van der Waals surface area contributed by atoms with Crippen LogP contribution in [0.25, 0.3) is 0 Å². The molecule has 16 heavy (non-hydrogen) atoms. The summed E-state index contributed by atoms with van der Waals surface area (Å²) in [5.74, 6) is 0.863. The first-order valence-corrected chi connectivity index (χ1v) is 5.79. The Labute approximate surface area is 98.0 Å². The smallest absolute Gasteiger partial charge is 0.145 e. The summed E-state index contributed by atoms with van der Waals surface area (Å²) in [6.45, 7) is 11.1. The molecule has 0 aliphatic rings. The Morgan fingerprint density at radius 2 is 2.06 bits per heavy atom. The van der Waals surface area contributed by atoms with Crippen LogP contribution in [-0.4, -0.2) is 16.5 Å². The number of hydrogen-bond acceptors (Lipinski definition) is 3. The topological polar surface area (TPSA) is 37.8 Å².